The number of halogens is 1. The van der Waals surface area contributed by atoms with E-state index in [4.69, 9.17) is 11.6 Å². The third-order valence-corrected chi connectivity index (χ3v) is 4.17. The molecule has 108 valence electrons. The molecular weight excluding hydrogens is 296 g/mol. The van der Waals surface area contributed by atoms with Gasteiger partial charge in [-0.2, -0.15) is 0 Å². The van der Waals surface area contributed by atoms with Crippen LogP contribution in [0.15, 0.2) is 54.6 Å². The fourth-order valence-electron chi connectivity index (χ4n) is 2.83. The van der Waals surface area contributed by atoms with Gasteiger partial charge in [-0.25, -0.2) is 4.98 Å². The molecule has 4 heteroatoms. The van der Waals surface area contributed by atoms with Crippen LogP contribution in [0, 0.1) is 0 Å². The minimum absolute atomic E-state index is 0.104. The highest BCUT2D eigenvalue weighted by molar-refractivity contribution is 6.33. The molecule has 0 spiro atoms. The lowest BCUT2D eigenvalue weighted by molar-refractivity contribution is 0.277. The summed E-state index contributed by atoms with van der Waals surface area (Å²) in [6.45, 7) is -0.104. The number of nitrogens with zero attached hydrogens (tertiary/aromatic N) is 1. The number of H-pyrrole nitrogens is 1. The minimum atomic E-state index is -0.104. The molecule has 0 aliphatic carbocycles. The van der Waals surface area contributed by atoms with Crippen LogP contribution >= 0.6 is 11.6 Å². The molecule has 0 radical (unpaired) electrons. The quantitative estimate of drug-likeness (QED) is 0.571. The topological polar surface area (TPSA) is 48.9 Å². The number of aliphatic hydroxyl groups is 1. The molecule has 0 aliphatic heterocycles. The van der Waals surface area contributed by atoms with E-state index in [1.165, 1.54) is 0 Å². The summed E-state index contributed by atoms with van der Waals surface area (Å²) >= 11 is 6.34. The Balaban J connectivity index is 2.15. The summed E-state index contributed by atoms with van der Waals surface area (Å²) in [7, 11) is 0. The molecule has 4 aromatic rings. The molecule has 0 saturated carbocycles. The Morgan fingerprint density at radius 2 is 1.77 bits per heavy atom. The molecule has 2 aromatic heterocycles. The zero-order valence-corrected chi connectivity index (χ0v) is 12.4. The summed E-state index contributed by atoms with van der Waals surface area (Å²) in [6.07, 6.45) is 0. The number of para-hydroxylation sites is 1. The fraction of sp³-hybridized carbons (Fsp3) is 0.0556. The van der Waals surface area contributed by atoms with Gasteiger partial charge in [0.25, 0.3) is 0 Å². The van der Waals surface area contributed by atoms with E-state index >= 15 is 0 Å². The summed E-state index contributed by atoms with van der Waals surface area (Å²) < 4.78 is 0. The first-order valence-electron chi connectivity index (χ1n) is 7.04. The molecule has 22 heavy (non-hydrogen) atoms. The summed E-state index contributed by atoms with van der Waals surface area (Å²) in [6, 6.07) is 17.6. The Morgan fingerprint density at radius 1 is 1.00 bits per heavy atom. The average Bonchev–Trinajstić information content (AvgIpc) is 2.93. The van der Waals surface area contributed by atoms with Crippen LogP contribution in [-0.4, -0.2) is 15.1 Å². The highest BCUT2D eigenvalue weighted by Crippen LogP contribution is 2.35. The van der Waals surface area contributed by atoms with Crippen molar-refractivity contribution in [1.82, 2.24) is 9.97 Å². The van der Waals surface area contributed by atoms with Crippen molar-refractivity contribution in [3.05, 3.63) is 65.3 Å². The number of fused-ring (bicyclic) bond motifs is 3. The molecule has 0 unspecified atom stereocenters. The molecular formula is C18H13ClN2O. The smallest absolute Gasteiger partial charge is 0.0962 e. The lowest BCUT2D eigenvalue weighted by Gasteiger charge is -2.07. The van der Waals surface area contributed by atoms with Crippen LogP contribution in [0.25, 0.3) is 33.1 Å². The van der Waals surface area contributed by atoms with Crippen molar-refractivity contribution >= 4 is 33.4 Å². The maximum atomic E-state index is 9.54. The molecule has 4 rings (SSSR count). The van der Waals surface area contributed by atoms with E-state index in [9.17, 15) is 5.11 Å². The molecule has 0 fully saturated rings. The molecule has 0 amide bonds. The SMILES string of the molecule is OCc1cc2c([nH]c3ccccc32)c(-c2ccccc2Cl)n1. The maximum Gasteiger partial charge on any atom is 0.0962 e. The zero-order chi connectivity index (χ0) is 15.1. The van der Waals surface area contributed by atoms with Gasteiger partial charge in [0, 0.05) is 21.9 Å². The van der Waals surface area contributed by atoms with Gasteiger partial charge in [0.05, 0.1) is 28.5 Å². The normalized spacial score (nSPS) is 11.4. The van der Waals surface area contributed by atoms with Gasteiger partial charge in [-0.3, -0.25) is 0 Å². The standard InChI is InChI=1S/C18H13ClN2O/c19-15-7-3-1-6-13(15)17-18-14(9-11(10-22)20-17)12-5-2-4-8-16(12)21-18/h1-9,21-22H,10H2. The molecule has 0 saturated heterocycles. The predicted molar refractivity (Wildman–Crippen MR) is 90.0 cm³/mol. The molecule has 0 atom stereocenters. The van der Waals surface area contributed by atoms with Gasteiger partial charge in [-0.05, 0) is 18.2 Å². The van der Waals surface area contributed by atoms with Gasteiger partial charge < -0.3 is 10.1 Å². The number of nitrogens with one attached hydrogen (secondary N) is 1. The van der Waals surface area contributed by atoms with Crippen LogP contribution in [0.4, 0.5) is 0 Å². The van der Waals surface area contributed by atoms with E-state index in [-0.39, 0.29) is 6.61 Å². The Labute approximate surface area is 132 Å². The van der Waals surface area contributed by atoms with E-state index in [0.717, 1.165) is 33.1 Å². The van der Waals surface area contributed by atoms with Crippen molar-refractivity contribution < 1.29 is 5.11 Å². The van der Waals surface area contributed by atoms with Gasteiger partial charge >= 0.3 is 0 Å². The second-order valence-corrected chi connectivity index (χ2v) is 5.60. The number of hydrogen-bond donors (Lipinski definition) is 2. The van der Waals surface area contributed by atoms with Crippen LogP contribution in [-0.2, 0) is 6.61 Å². The van der Waals surface area contributed by atoms with Crippen LogP contribution in [0.5, 0.6) is 0 Å². The van der Waals surface area contributed by atoms with Crippen molar-refractivity contribution in [2.45, 2.75) is 6.61 Å². The van der Waals surface area contributed by atoms with E-state index in [2.05, 4.69) is 16.0 Å². The van der Waals surface area contributed by atoms with E-state index in [0.29, 0.717) is 10.7 Å². The maximum absolute atomic E-state index is 9.54. The van der Waals surface area contributed by atoms with E-state index < -0.39 is 0 Å². The summed E-state index contributed by atoms with van der Waals surface area (Å²) in [5.74, 6) is 0. The third-order valence-electron chi connectivity index (χ3n) is 3.84. The van der Waals surface area contributed by atoms with Crippen molar-refractivity contribution in [2.75, 3.05) is 0 Å². The number of hydrogen-bond acceptors (Lipinski definition) is 2. The molecule has 0 bridgehead atoms. The fourth-order valence-corrected chi connectivity index (χ4v) is 3.05. The molecule has 0 aliphatic rings. The van der Waals surface area contributed by atoms with Gasteiger partial charge in [0.15, 0.2) is 0 Å². The van der Waals surface area contributed by atoms with Crippen molar-refractivity contribution in [2.24, 2.45) is 0 Å². The Morgan fingerprint density at radius 3 is 2.59 bits per heavy atom. The largest absolute Gasteiger partial charge is 0.390 e. The molecule has 3 nitrogen and oxygen atoms in total. The van der Waals surface area contributed by atoms with Crippen LogP contribution in [0.3, 0.4) is 0 Å². The number of aromatic nitrogens is 2. The zero-order valence-electron chi connectivity index (χ0n) is 11.7. The second kappa shape index (κ2) is 5.13. The highest BCUT2D eigenvalue weighted by Gasteiger charge is 2.14. The lowest BCUT2D eigenvalue weighted by atomic mass is 10.1. The molecule has 2 aromatic carbocycles. The van der Waals surface area contributed by atoms with Crippen LogP contribution in [0.1, 0.15) is 5.69 Å². The van der Waals surface area contributed by atoms with Gasteiger partial charge in [0.1, 0.15) is 0 Å². The Hall–Kier alpha value is -2.36. The Bertz CT molecular complexity index is 991. The first-order valence-corrected chi connectivity index (χ1v) is 7.42. The third kappa shape index (κ3) is 1.98. The predicted octanol–water partition coefficient (Wildman–Crippen LogP) is 4.53. The summed E-state index contributed by atoms with van der Waals surface area (Å²) in [4.78, 5) is 8.00. The first kappa shape index (κ1) is 13.3. The van der Waals surface area contributed by atoms with E-state index in [1.54, 1.807) is 0 Å². The Kier molecular flexibility index (Phi) is 3.10. The van der Waals surface area contributed by atoms with Crippen LogP contribution < -0.4 is 0 Å². The average molecular weight is 309 g/mol. The number of rotatable bonds is 2. The van der Waals surface area contributed by atoms with Gasteiger partial charge in [-0.1, -0.05) is 48.0 Å². The summed E-state index contributed by atoms with van der Waals surface area (Å²) in [5.41, 5.74) is 4.24. The number of benzene rings is 2. The lowest BCUT2D eigenvalue weighted by Crippen LogP contribution is -1.94. The summed E-state index contributed by atoms with van der Waals surface area (Å²) in [5, 5.41) is 12.3. The van der Waals surface area contributed by atoms with Gasteiger partial charge in [-0.15, -0.1) is 0 Å². The monoisotopic (exact) mass is 308 g/mol. The van der Waals surface area contributed by atoms with Crippen molar-refractivity contribution in [3.8, 4) is 11.3 Å². The first-order chi connectivity index (χ1) is 10.8. The second-order valence-electron chi connectivity index (χ2n) is 5.19. The van der Waals surface area contributed by atoms with Gasteiger partial charge in [0.2, 0.25) is 0 Å². The number of aromatic amines is 1. The number of aliphatic hydroxyl groups excluding tert-OH is 1. The van der Waals surface area contributed by atoms with E-state index in [1.807, 2.05) is 48.5 Å². The highest BCUT2D eigenvalue weighted by atomic mass is 35.5. The molecule has 2 heterocycles. The number of pyridine rings is 1. The van der Waals surface area contributed by atoms with Crippen molar-refractivity contribution in [1.29, 1.82) is 0 Å². The molecule has 2 N–H and O–H groups in total. The van der Waals surface area contributed by atoms with Crippen LogP contribution in [0.2, 0.25) is 5.02 Å². The van der Waals surface area contributed by atoms with Crippen molar-refractivity contribution in [3.63, 3.8) is 0 Å². The minimum Gasteiger partial charge on any atom is -0.390 e.